The van der Waals surface area contributed by atoms with Crippen molar-refractivity contribution >= 4 is 9.24 Å². The van der Waals surface area contributed by atoms with Crippen LogP contribution in [0.4, 0.5) is 0 Å². The first-order valence-corrected chi connectivity index (χ1v) is 7.58. The molecule has 0 amide bonds. The fourth-order valence-corrected chi connectivity index (χ4v) is 2.70. The molecule has 2 nitrogen and oxygen atoms in total. The first-order chi connectivity index (χ1) is 9.78. The number of ether oxygens (including phenoxy) is 2. The third-order valence-electron chi connectivity index (χ3n) is 3.49. The summed E-state index contributed by atoms with van der Waals surface area (Å²) in [5.74, 6) is 2.20. The smallest absolute Gasteiger partial charge is 0.118 e. The van der Waals surface area contributed by atoms with Gasteiger partial charge in [-0.15, -0.1) is 9.24 Å². The van der Waals surface area contributed by atoms with Crippen LogP contribution in [0.3, 0.4) is 0 Å². The highest BCUT2D eigenvalue weighted by molar-refractivity contribution is 7.16. The van der Waals surface area contributed by atoms with E-state index in [4.69, 9.17) is 9.47 Å². The van der Waals surface area contributed by atoms with Gasteiger partial charge in [-0.25, -0.2) is 0 Å². The van der Waals surface area contributed by atoms with Crippen LogP contribution in [0.5, 0.6) is 11.5 Å². The van der Waals surface area contributed by atoms with E-state index in [0.29, 0.717) is 5.92 Å². The van der Waals surface area contributed by atoms with Gasteiger partial charge in [-0.05, 0) is 48.0 Å². The molecule has 20 heavy (non-hydrogen) atoms. The highest BCUT2D eigenvalue weighted by Crippen LogP contribution is 2.31. The minimum Gasteiger partial charge on any atom is -0.497 e. The third-order valence-corrected chi connectivity index (χ3v) is 3.83. The Morgan fingerprint density at radius 2 is 1.20 bits per heavy atom. The zero-order valence-corrected chi connectivity index (χ0v) is 13.2. The van der Waals surface area contributed by atoms with E-state index in [1.807, 2.05) is 24.3 Å². The molecule has 0 bridgehead atoms. The normalized spacial score (nSPS) is 10.6. The van der Waals surface area contributed by atoms with Crippen molar-refractivity contribution in [3.05, 3.63) is 59.7 Å². The summed E-state index contributed by atoms with van der Waals surface area (Å²) in [7, 11) is 6.20. The van der Waals surface area contributed by atoms with Crippen LogP contribution in [-0.2, 0) is 0 Å². The molecule has 0 aliphatic carbocycles. The lowest BCUT2D eigenvalue weighted by atomic mass is 9.89. The average molecular weight is 288 g/mol. The molecule has 0 N–H and O–H groups in total. The van der Waals surface area contributed by atoms with Gasteiger partial charge in [0.15, 0.2) is 0 Å². The Hall–Kier alpha value is -1.53. The lowest BCUT2D eigenvalue weighted by Gasteiger charge is -2.18. The summed E-state index contributed by atoms with van der Waals surface area (Å²) in [5, 5.41) is 0. The van der Waals surface area contributed by atoms with Gasteiger partial charge < -0.3 is 9.47 Å². The van der Waals surface area contributed by atoms with Crippen LogP contribution in [-0.4, -0.2) is 20.4 Å². The van der Waals surface area contributed by atoms with Crippen molar-refractivity contribution in [2.75, 3.05) is 20.4 Å². The van der Waals surface area contributed by atoms with Gasteiger partial charge >= 0.3 is 0 Å². The Morgan fingerprint density at radius 1 is 0.800 bits per heavy atom. The molecular formula is C17H21O2P. The van der Waals surface area contributed by atoms with E-state index in [-0.39, 0.29) is 0 Å². The second kappa shape index (κ2) is 7.31. The number of hydrogen-bond acceptors (Lipinski definition) is 2. The molecule has 2 rings (SSSR count). The Morgan fingerprint density at radius 3 is 1.50 bits per heavy atom. The third kappa shape index (κ3) is 3.52. The van der Waals surface area contributed by atoms with E-state index in [0.717, 1.165) is 24.1 Å². The summed E-state index contributed by atoms with van der Waals surface area (Å²) < 4.78 is 10.4. The SMILES string of the molecule is COc1ccc(C(CCP)c2ccc(OC)cc2)cc1. The number of rotatable bonds is 6. The van der Waals surface area contributed by atoms with Gasteiger partial charge in [0.05, 0.1) is 14.2 Å². The highest BCUT2D eigenvalue weighted by atomic mass is 31.0. The second-order valence-electron chi connectivity index (χ2n) is 4.68. The molecule has 0 fully saturated rings. The molecule has 0 radical (unpaired) electrons. The van der Waals surface area contributed by atoms with Gasteiger partial charge in [-0.2, -0.15) is 0 Å². The molecule has 106 valence electrons. The lowest BCUT2D eigenvalue weighted by molar-refractivity contribution is 0.414. The van der Waals surface area contributed by atoms with Crippen molar-refractivity contribution in [1.29, 1.82) is 0 Å². The van der Waals surface area contributed by atoms with Crippen LogP contribution in [0.2, 0.25) is 0 Å². The monoisotopic (exact) mass is 288 g/mol. The standard InChI is InChI=1S/C17H21O2P/c1-18-15-7-3-13(4-8-15)17(11-12-20)14-5-9-16(19-2)10-6-14/h3-10,17H,11-12,20H2,1-2H3. The van der Waals surface area contributed by atoms with Gasteiger partial charge in [0.25, 0.3) is 0 Å². The summed E-state index contributed by atoms with van der Waals surface area (Å²) in [6, 6.07) is 16.7. The maximum absolute atomic E-state index is 5.22. The molecule has 0 saturated carbocycles. The number of methoxy groups -OCH3 is 2. The van der Waals surface area contributed by atoms with E-state index in [2.05, 4.69) is 33.5 Å². The largest absolute Gasteiger partial charge is 0.497 e. The Bertz CT molecular complexity index is 472. The summed E-state index contributed by atoms with van der Waals surface area (Å²) in [6.07, 6.45) is 2.17. The number of benzene rings is 2. The molecule has 0 aromatic heterocycles. The van der Waals surface area contributed by atoms with E-state index < -0.39 is 0 Å². The zero-order valence-electron chi connectivity index (χ0n) is 12.0. The molecule has 0 saturated heterocycles. The first kappa shape index (κ1) is 14.9. The maximum Gasteiger partial charge on any atom is 0.118 e. The van der Waals surface area contributed by atoms with Crippen molar-refractivity contribution in [3.63, 3.8) is 0 Å². The summed E-state index contributed by atoms with van der Waals surface area (Å²) >= 11 is 0. The molecule has 0 spiro atoms. The first-order valence-electron chi connectivity index (χ1n) is 6.76. The van der Waals surface area contributed by atoms with E-state index in [1.54, 1.807) is 14.2 Å². The van der Waals surface area contributed by atoms with Crippen molar-refractivity contribution in [2.24, 2.45) is 0 Å². The Labute approximate surface area is 123 Å². The van der Waals surface area contributed by atoms with Crippen LogP contribution in [0.15, 0.2) is 48.5 Å². The van der Waals surface area contributed by atoms with Crippen LogP contribution < -0.4 is 9.47 Å². The average Bonchev–Trinajstić information content (AvgIpc) is 2.53. The van der Waals surface area contributed by atoms with E-state index in [9.17, 15) is 0 Å². The fourth-order valence-electron chi connectivity index (χ4n) is 2.36. The van der Waals surface area contributed by atoms with Gasteiger partial charge in [-0.3, -0.25) is 0 Å². The van der Waals surface area contributed by atoms with Crippen LogP contribution in [0.25, 0.3) is 0 Å². The molecule has 1 atom stereocenters. The minimum atomic E-state index is 0.407. The molecule has 3 heteroatoms. The highest BCUT2D eigenvalue weighted by Gasteiger charge is 2.13. The Balaban J connectivity index is 2.28. The molecule has 1 unspecified atom stereocenters. The maximum atomic E-state index is 5.22. The molecule has 0 aliphatic heterocycles. The minimum absolute atomic E-state index is 0.407. The van der Waals surface area contributed by atoms with Gasteiger partial charge in [0, 0.05) is 5.92 Å². The van der Waals surface area contributed by atoms with Crippen molar-refractivity contribution in [1.82, 2.24) is 0 Å². The van der Waals surface area contributed by atoms with E-state index in [1.165, 1.54) is 11.1 Å². The van der Waals surface area contributed by atoms with Gasteiger partial charge in [0.1, 0.15) is 11.5 Å². The van der Waals surface area contributed by atoms with E-state index >= 15 is 0 Å². The molecular weight excluding hydrogens is 267 g/mol. The summed E-state index contributed by atoms with van der Waals surface area (Å²) in [6.45, 7) is 0. The quantitative estimate of drug-likeness (QED) is 0.745. The lowest BCUT2D eigenvalue weighted by Crippen LogP contribution is -2.02. The molecule has 0 heterocycles. The predicted octanol–water partition coefficient (Wildman–Crippen LogP) is 4.10. The second-order valence-corrected chi connectivity index (χ2v) is 5.25. The van der Waals surface area contributed by atoms with Crippen molar-refractivity contribution in [3.8, 4) is 11.5 Å². The van der Waals surface area contributed by atoms with Crippen molar-refractivity contribution in [2.45, 2.75) is 12.3 Å². The predicted molar refractivity (Wildman–Crippen MR) is 87.0 cm³/mol. The van der Waals surface area contributed by atoms with Gasteiger partial charge in [0.2, 0.25) is 0 Å². The van der Waals surface area contributed by atoms with Crippen LogP contribution in [0.1, 0.15) is 23.5 Å². The summed E-state index contributed by atoms with van der Waals surface area (Å²) in [4.78, 5) is 0. The molecule has 2 aromatic carbocycles. The topological polar surface area (TPSA) is 18.5 Å². The Kier molecular flexibility index (Phi) is 5.43. The molecule has 0 aliphatic rings. The number of hydrogen-bond donors (Lipinski definition) is 0. The van der Waals surface area contributed by atoms with Crippen molar-refractivity contribution < 1.29 is 9.47 Å². The van der Waals surface area contributed by atoms with Crippen LogP contribution in [0, 0.1) is 0 Å². The van der Waals surface area contributed by atoms with Crippen LogP contribution >= 0.6 is 9.24 Å². The van der Waals surface area contributed by atoms with Gasteiger partial charge in [-0.1, -0.05) is 24.3 Å². The molecule has 2 aromatic rings. The zero-order chi connectivity index (χ0) is 14.4. The fraction of sp³-hybridized carbons (Fsp3) is 0.294. The summed E-state index contributed by atoms with van der Waals surface area (Å²) in [5.41, 5.74) is 2.64.